The average Bonchev–Trinajstić information content (AvgIpc) is 2.69. The van der Waals surface area contributed by atoms with Crippen molar-refractivity contribution in [1.29, 1.82) is 0 Å². The van der Waals surface area contributed by atoms with Gasteiger partial charge in [-0.05, 0) is 37.1 Å². The summed E-state index contributed by atoms with van der Waals surface area (Å²) in [5.41, 5.74) is 1.30. The first-order valence-electron chi connectivity index (χ1n) is 9.17. The number of aromatic nitrogens is 2. The minimum atomic E-state index is -0.685. The highest BCUT2D eigenvalue weighted by atomic mass is 16.2. The van der Waals surface area contributed by atoms with E-state index in [-0.39, 0.29) is 11.9 Å². The van der Waals surface area contributed by atoms with Gasteiger partial charge in [0.25, 0.3) is 5.91 Å². The number of carbonyl (C=O) groups is 1. The van der Waals surface area contributed by atoms with Crippen LogP contribution in [0.25, 0.3) is 11.0 Å². The van der Waals surface area contributed by atoms with E-state index in [0.717, 1.165) is 18.4 Å². The van der Waals surface area contributed by atoms with Crippen LogP contribution in [-0.2, 0) is 6.54 Å². The number of amides is 1. The van der Waals surface area contributed by atoms with Gasteiger partial charge in [0.1, 0.15) is 0 Å². The number of nitrogens with zero attached hydrogens (tertiary/aromatic N) is 1. The first-order chi connectivity index (χ1) is 13.0. The Labute approximate surface area is 156 Å². The van der Waals surface area contributed by atoms with Crippen LogP contribution in [0, 0.1) is 0 Å². The van der Waals surface area contributed by atoms with Gasteiger partial charge in [-0.2, -0.15) is 0 Å². The maximum atomic E-state index is 12.8. The van der Waals surface area contributed by atoms with Crippen molar-refractivity contribution in [3.05, 3.63) is 80.4 Å². The summed E-state index contributed by atoms with van der Waals surface area (Å²) in [6.07, 6.45) is 1.77. The standard InChI is InChI=1S/C21H23N3O3/c1-3-8-16(14-9-6-5-7-10-14)22-19(25)15-11-12-18-17(13-15)23-20(26)21(27)24(18)4-2/h5-7,9-13,16H,3-4,8H2,1-2H3,(H,22,25)(H,23,26)/t16-/m0/s1. The number of H-pyrrole nitrogens is 1. The second-order valence-corrected chi connectivity index (χ2v) is 6.46. The lowest BCUT2D eigenvalue weighted by atomic mass is 10.0. The molecule has 0 spiro atoms. The van der Waals surface area contributed by atoms with Crippen LogP contribution in [0.15, 0.2) is 58.1 Å². The fourth-order valence-electron chi connectivity index (χ4n) is 3.27. The van der Waals surface area contributed by atoms with E-state index in [1.807, 2.05) is 30.3 Å². The van der Waals surface area contributed by atoms with Gasteiger partial charge in [0.15, 0.2) is 0 Å². The first kappa shape index (κ1) is 18.6. The largest absolute Gasteiger partial charge is 0.345 e. The van der Waals surface area contributed by atoms with Crippen LogP contribution < -0.4 is 16.4 Å². The Kier molecular flexibility index (Phi) is 5.54. The first-order valence-corrected chi connectivity index (χ1v) is 9.17. The summed E-state index contributed by atoms with van der Waals surface area (Å²) in [6, 6.07) is 14.8. The molecule has 0 bridgehead atoms. The van der Waals surface area contributed by atoms with Crippen molar-refractivity contribution in [1.82, 2.24) is 14.9 Å². The molecule has 2 aromatic carbocycles. The van der Waals surface area contributed by atoms with Gasteiger partial charge in [0.05, 0.1) is 17.1 Å². The van der Waals surface area contributed by atoms with E-state index < -0.39 is 11.1 Å². The molecule has 0 aliphatic rings. The molecule has 0 saturated heterocycles. The summed E-state index contributed by atoms with van der Waals surface area (Å²) in [4.78, 5) is 39.1. The van der Waals surface area contributed by atoms with Crippen molar-refractivity contribution in [2.75, 3.05) is 0 Å². The molecule has 2 N–H and O–H groups in total. The van der Waals surface area contributed by atoms with Crippen molar-refractivity contribution in [2.24, 2.45) is 0 Å². The van der Waals surface area contributed by atoms with Gasteiger partial charge in [-0.1, -0.05) is 43.7 Å². The molecular weight excluding hydrogens is 342 g/mol. The number of fused-ring (bicyclic) bond motifs is 1. The SMILES string of the molecule is CCC[C@H](NC(=O)c1ccc2c(c1)[nH]c(=O)c(=O)n2CC)c1ccccc1. The quantitative estimate of drug-likeness (QED) is 0.659. The van der Waals surface area contributed by atoms with E-state index in [1.165, 1.54) is 4.57 Å². The number of aromatic amines is 1. The molecule has 0 aliphatic carbocycles. The zero-order valence-electron chi connectivity index (χ0n) is 15.5. The molecule has 0 unspecified atom stereocenters. The van der Waals surface area contributed by atoms with Crippen molar-refractivity contribution in [3.8, 4) is 0 Å². The van der Waals surface area contributed by atoms with Crippen LogP contribution in [0.3, 0.4) is 0 Å². The van der Waals surface area contributed by atoms with Gasteiger partial charge in [-0.3, -0.25) is 14.4 Å². The van der Waals surface area contributed by atoms with Crippen molar-refractivity contribution >= 4 is 16.9 Å². The smallest absolute Gasteiger partial charge is 0.316 e. The lowest BCUT2D eigenvalue weighted by Crippen LogP contribution is -2.36. The number of rotatable bonds is 6. The highest BCUT2D eigenvalue weighted by Crippen LogP contribution is 2.19. The van der Waals surface area contributed by atoms with Crippen molar-refractivity contribution in [3.63, 3.8) is 0 Å². The monoisotopic (exact) mass is 365 g/mol. The number of aryl methyl sites for hydroxylation is 1. The maximum absolute atomic E-state index is 12.8. The predicted molar refractivity (Wildman–Crippen MR) is 106 cm³/mol. The Bertz CT molecular complexity index is 1070. The Balaban J connectivity index is 1.94. The number of hydrogen-bond acceptors (Lipinski definition) is 3. The van der Waals surface area contributed by atoms with Crippen LogP contribution in [0.4, 0.5) is 0 Å². The van der Waals surface area contributed by atoms with Gasteiger partial charge in [0, 0.05) is 12.1 Å². The molecule has 3 aromatic rings. The molecule has 0 radical (unpaired) electrons. The summed E-state index contributed by atoms with van der Waals surface area (Å²) >= 11 is 0. The molecule has 1 amide bonds. The van der Waals surface area contributed by atoms with Crippen LogP contribution in [0.5, 0.6) is 0 Å². The maximum Gasteiger partial charge on any atom is 0.316 e. The topological polar surface area (TPSA) is 84.0 Å². The molecule has 0 fully saturated rings. The lowest BCUT2D eigenvalue weighted by Gasteiger charge is -2.19. The zero-order chi connectivity index (χ0) is 19.4. The van der Waals surface area contributed by atoms with Crippen LogP contribution in [-0.4, -0.2) is 15.5 Å². The number of nitrogens with one attached hydrogen (secondary N) is 2. The minimum absolute atomic E-state index is 0.0805. The normalized spacial score (nSPS) is 12.1. The fourth-order valence-corrected chi connectivity index (χ4v) is 3.27. The molecule has 140 valence electrons. The van der Waals surface area contributed by atoms with Gasteiger partial charge < -0.3 is 14.9 Å². The Morgan fingerprint density at radius 2 is 1.85 bits per heavy atom. The molecule has 6 nitrogen and oxygen atoms in total. The summed E-state index contributed by atoms with van der Waals surface area (Å²) in [5, 5.41) is 3.07. The number of carbonyl (C=O) groups excluding carboxylic acids is 1. The van der Waals surface area contributed by atoms with Crippen molar-refractivity contribution < 1.29 is 4.79 Å². The highest BCUT2D eigenvalue weighted by molar-refractivity contribution is 5.97. The van der Waals surface area contributed by atoms with E-state index in [0.29, 0.717) is 23.1 Å². The number of benzene rings is 2. The van der Waals surface area contributed by atoms with Gasteiger partial charge in [-0.15, -0.1) is 0 Å². The van der Waals surface area contributed by atoms with E-state index in [2.05, 4.69) is 17.2 Å². The molecule has 1 heterocycles. The third-order valence-corrected chi connectivity index (χ3v) is 4.64. The number of hydrogen-bond donors (Lipinski definition) is 2. The van der Waals surface area contributed by atoms with E-state index >= 15 is 0 Å². The second kappa shape index (κ2) is 8.03. The molecule has 1 aromatic heterocycles. The zero-order valence-corrected chi connectivity index (χ0v) is 15.5. The lowest BCUT2D eigenvalue weighted by molar-refractivity contribution is 0.0934. The highest BCUT2D eigenvalue weighted by Gasteiger charge is 2.16. The molecule has 6 heteroatoms. The molecule has 1 atom stereocenters. The second-order valence-electron chi connectivity index (χ2n) is 6.46. The van der Waals surface area contributed by atoms with E-state index in [1.54, 1.807) is 25.1 Å². The molecular formula is C21H23N3O3. The third kappa shape index (κ3) is 3.84. The Morgan fingerprint density at radius 1 is 1.11 bits per heavy atom. The third-order valence-electron chi connectivity index (χ3n) is 4.64. The van der Waals surface area contributed by atoms with Crippen LogP contribution in [0.2, 0.25) is 0 Å². The van der Waals surface area contributed by atoms with Gasteiger partial charge in [-0.25, -0.2) is 0 Å². The Hall–Kier alpha value is -3.15. The Morgan fingerprint density at radius 3 is 2.52 bits per heavy atom. The minimum Gasteiger partial charge on any atom is -0.345 e. The van der Waals surface area contributed by atoms with Crippen molar-refractivity contribution in [2.45, 2.75) is 39.3 Å². The molecule has 3 rings (SSSR count). The fraction of sp³-hybridized carbons (Fsp3) is 0.286. The molecule has 27 heavy (non-hydrogen) atoms. The van der Waals surface area contributed by atoms with Crippen LogP contribution >= 0.6 is 0 Å². The summed E-state index contributed by atoms with van der Waals surface area (Å²) < 4.78 is 1.40. The molecule has 0 saturated carbocycles. The predicted octanol–water partition coefficient (Wildman–Crippen LogP) is 2.98. The van der Waals surface area contributed by atoms with E-state index in [4.69, 9.17) is 0 Å². The van der Waals surface area contributed by atoms with Crippen LogP contribution in [0.1, 0.15) is 48.7 Å². The molecule has 0 aliphatic heterocycles. The van der Waals surface area contributed by atoms with E-state index in [9.17, 15) is 14.4 Å². The average molecular weight is 365 g/mol. The summed E-state index contributed by atoms with van der Waals surface area (Å²) in [6.45, 7) is 4.26. The van der Waals surface area contributed by atoms with Gasteiger partial charge >= 0.3 is 11.1 Å². The van der Waals surface area contributed by atoms with Gasteiger partial charge in [0.2, 0.25) is 0 Å². The summed E-state index contributed by atoms with van der Waals surface area (Å²) in [5.74, 6) is -0.214. The summed E-state index contributed by atoms with van der Waals surface area (Å²) in [7, 11) is 0.